The number of fused-ring (bicyclic) bond motifs is 6. The predicted octanol–water partition coefficient (Wildman–Crippen LogP) is 9.54. The summed E-state index contributed by atoms with van der Waals surface area (Å²) in [6.45, 7) is 4.77. The molecule has 0 saturated carbocycles. The van der Waals surface area contributed by atoms with E-state index >= 15 is 0 Å². The van der Waals surface area contributed by atoms with Gasteiger partial charge in [-0.2, -0.15) is 0 Å². The lowest BCUT2D eigenvalue weighted by Gasteiger charge is -2.43. The van der Waals surface area contributed by atoms with Gasteiger partial charge in [-0.1, -0.05) is 117 Å². The van der Waals surface area contributed by atoms with Crippen LogP contribution in [0.2, 0.25) is 0 Å². The van der Waals surface area contributed by atoms with Gasteiger partial charge in [-0.05, 0) is 64.4 Å². The van der Waals surface area contributed by atoms with Crippen molar-refractivity contribution < 1.29 is 0 Å². The van der Waals surface area contributed by atoms with Crippen molar-refractivity contribution in [2.45, 2.75) is 38.0 Å². The van der Waals surface area contributed by atoms with Crippen molar-refractivity contribution in [2.24, 2.45) is 0 Å². The highest BCUT2D eigenvalue weighted by Crippen LogP contribution is 2.57. The average Bonchev–Trinajstić information content (AvgIpc) is 3.11. The SMILES string of the molecule is CC1(C)c2ccccc2N(c2ccccc2)c2c1ccc1c2-c2ccccc2C(c2ccccc2)CC1. The van der Waals surface area contributed by atoms with E-state index in [9.17, 15) is 0 Å². The van der Waals surface area contributed by atoms with Crippen molar-refractivity contribution in [1.29, 1.82) is 0 Å². The minimum atomic E-state index is -0.105. The lowest BCUT2D eigenvalue weighted by atomic mass is 9.71. The third-order valence-corrected chi connectivity index (χ3v) is 8.50. The molecule has 1 heteroatoms. The zero-order valence-electron chi connectivity index (χ0n) is 21.5. The number of hydrogen-bond donors (Lipinski definition) is 0. The van der Waals surface area contributed by atoms with Gasteiger partial charge in [0.15, 0.2) is 0 Å². The number of rotatable bonds is 2. The number of nitrogens with zero attached hydrogens (tertiary/aromatic N) is 1. The lowest BCUT2D eigenvalue weighted by molar-refractivity contribution is 0.631. The first kappa shape index (κ1) is 22.1. The van der Waals surface area contributed by atoms with Gasteiger partial charge in [0.1, 0.15) is 0 Å². The third kappa shape index (κ3) is 3.38. The Kier molecular flexibility index (Phi) is 5.08. The average molecular weight is 478 g/mol. The van der Waals surface area contributed by atoms with E-state index in [0.29, 0.717) is 5.92 Å². The Hall–Kier alpha value is -4.10. The van der Waals surface area contributed by atoms with Gasteiger partial charge in [0, 0.05) is 22.6 Å². The molecule has 1 nitrogen and oxygen atoms in total. The number of anilines is 3. The summed E-state index contributed by atoms with van der Waals surface area (Å²) in [6, 6.07) is 44.9. The molecule has 1 aliphatic heterocycles. The molecule has 5 aromatic rings. The fraction of sp³-hybridized carbons (Fsp3) is 0.167. The highest BCUT2D eigenvalue weighted by atomic mass is 15.2. The van der Waals surface area contributed by atoms with Crippen LogP contribution >= 0.6 is 0 Å². The smallest absolute Gasteiger partial charge is 0.0583 e. The van der Waals surface area contributed by atoms with Crippen molar-refractivity contribution in [2.75, 3.05) is 4.90 Å². The van der Waals surface area contributed by atoms with E-state index in [1.807, 2.05) is 0 Å². The minimum Gasteiger partial charge on any atom is -0.309 e. The fourth-order valence-corrected chi connectivity index (χ4v) is 6.70. The van der Waals surface area contributed by atoms with Crippen molar-refractivity contribution in [1.82, 2.24) is 0 Å². The van der Waals surface area contributed by atoms with E-state index in [-0.39, 0.29) is 5.41 Å². The summed E-state index contributed by atoms with van der Waals surface area (Å²) in [5.74, 6) is 0.384. The van der Waals surface area contributed by atoms with Gasteiger partial charge < -0.3 is 4.90 Å². The molecule has 7 rings (SSSR count). The molecule has 0 fully saturated rings. The van der Waals surface area contributed by atoms with Crippen molar-refractivity contribution >= 4 is 17.1 Å². The van der Waals surface area contributed by atoms with E-state index in [4.69, 9.17) is 0 Å². The highest BCUT2D eigenvalue weighted by Gasteiger charge is 2.40. The van der Waals surface area contributed by atoms with Gasteiger partial charge in [-0.15, -0.1) is 0 Å². The van der Waals surface area contributed by atoms with E-state index in [2.05, 4.69) is 140 Å². The van der Waals surface area contributed by atoms with Gasteiger partial charge in [-0.3, -0.25) is 0 Å². The van der Waals surface area contributed by atoms with Crippen LogP contribution in [0.1, 0.15) is 54.0 Å². The first-order valence-corrected chi connectivity index (χ1v) is 13.4. The van der Waals surface area contributed by atoms with Crippen molar-refractivity contribution in [3.05, 3.63) is 149 Å². The lowest BCUT2D eigenvalue weighted by Crippen LogP contribution is -2.31. The van der Waals surface area contributed by atoms with Crippen molar-refractivity contribution in [3.63, 3.8) is 0 Å². The summed E-state index contributed by atoms with van der Waals surface area (Å²) >= 11 is 0. The minimum absolute atomic E-state index is 0.105. The molecule has 2 aliphatic rings. The molecule has 180 valence electrons. The molecule has 5 aromatic carbocycles. The molecule has 0 aromatic heterocycles. The molecule has 0 saturated heterocycles. The standard InChI is InChI=1S/C36H31N/c1-36(2)31-19-11-12-20-33(31)37(27-15-7-4-8-16-27)35-32(36)24-22-26-21-23-28(25-13-5-3-6-14-25)29-17-9-10-18-30(29)34(26)35/h3-20,22,24,28H,21,23H2,1-2H3. The molecular weight excluding hydrogens is 446 g/mol. The Morgan fingerprint density at radius 3 is 2.14 bits per heavy atom. The van der Waals surface area contributed by atoms with Gasteiger partial charge in [0.25, 0.3) is 0 Å². The Balaban J connectivity index is 1.56. The first-order chi connectivity index (χ1) is 18.1. The van der Waals surface area contributed by atoms with E-state index < -0.39 is 0 Å². The molecule has 1 unspecified atom stereocenters. The fourth-order valence-electron chi connectivity index (χ4n) is 6.70. The number of para-hydroxylation sites is 2. The highest BCUT2D eigenvalue weighted by molar-refractivity contribution is 5.97. The first-order valence-electron chi connectivity index (χ1n) is 13.4. The normalized spacial score (nSPS) is 17.1. The largest absolute Gasteiger partial charge is 0.309 e. The molecule has 0 radical (unpaired) electrons. The van der Waals surface area contributed by atoms with Crippen LogP contribution in [0.4, 0.5) is 17.1 Å². The Bertz CT molecular complexity index is 1600. The van der Waals surface area contributed by atoms with Crippen LogP contribution in [-0.4, -0.2) is 0 Å². The molecule has 1 atom stereocenters. The van der Waals surface area contributed by atoms with Gasteiger partial charge in [0.05, 0.1) is 11.4 Å². The van der Waals surface area contributed by atoms with E-state index in [0.717, 1.165) is 12.8 Å². The number of hydrogen-bond acceptors (Lipinski definition) is 1. The van der Waals surface area contributed by atoms with Crippen LogP contribution in [-0.2, 0) is 11.8 Å². The summed E-state index contributed by atoms with van der Waals surface area (Å²) in [7, 11) is 0. The zero-order valence-corrected chi connectivity index (χ0v) is 21.5. The Morgan fingerprint density at radius 1 is 0.649 bits per heavy atom. The third-order valence-electron chi connectivity index (χ3n) is 8.50. The summed E-state index contributed by atoms with van der Waals surface area (Å²) in [4.78, 5) is 2.52. The van der Waals surface area contributed by atoms with Crippen LogP contribution in [0, 0.1) is 0 Å². The molecule has 0 amide bonds. The molecule has 1 heterocycles. The number of aryl methyl sites for hydroxylation is 1. The number of benzene rings is 5. The van der Waals surface area contributed by atoms with Gasteiger partial charge in [-0.25, -0.2) is 0 Å². The molecular formula is C36H31N. The van der Waals surface area contributed by atoms with E-state index in [1.54, 1.807) is 0 Å². The summed E-state index contributed by atoms with van der Waals surface area (Å²) in [6.07, 6.45) is 2.17. The maximum absolute atomic E-state index is 2.52. The van der Waals surface area contributed by atoms with E-state index in [1.165, 1.54) is 56.0 Å². The van der Waals surface area contributed by atoms with Gasteiger partial charge in [0.2, 0.25) is 0 Å². The second-order valence-electron chi connectivity index (χ2n) is 10.9. The second-order valence-corrected chi connectivity index (χ2v) is 10.9. The molecule has 37 heavy (non-hydrogen) atoms. The zero-order chi connectivity index (χ0) is 25.0. The molecule has 0 N–H and O–H groups in total. The second kappa shape index (κ2) is 8.49. The molecule has 0 spiro atoms. The summed E-state index contributed by atoms with van der Waals surface area (Å²) in [5, 5.41) is 0. The maximum Gasteiger partial charge on any atom is 0.0583 e. The predicted molar refractivity (Wildman–Crippen MR) is 155 cm³/mol. The van der Waals surface area contributed by atoms with Gasteiger partial charge >= 0.3 is 0 Å². The van der Waals surface area contributed by atoms with Crippen LogP contribution in [0.15, 0.2) is 121 Å². The summed E-state index contributed by atoms with van der Waals surface area (Å²) in [5.41, 5.74) is 13.5. The molecule has 0 bridgehead atoms. The van der Waals surface area contributed by atoms with Crippen LogP contribution < -0.4 is 4.90 Å². The Labute approximate surface area is 220 Å². The topological polar surface area (TPSA) is 3.24 Å². The monoisotopic (exact) mass is 477 g/mol. The van der Waals surface area contributed by atoms with Crippen LogP contribution in [0.5, 0.6) is 0 Å². The van der Waals surface area contributed by atoms with Crippen molar-refractivity contribution in [3.8, 4) is 11.1 Å². The summed E-state index contributed by atoms with van der Waals surface area (Å²) < 4.78 is 0. The quantitative estimate of drug-likeness (QED) is 0.245. The Morgan fingerprint density at radius 2 is 1.32 bits per heavy atom. The maximum atomic E-state index is 2.52. The van der Waals surface area contributed by atoms with Crippen LogP contribution in [0.25, 0.3) is 11.1 Å². The van der Waals surface area contributed by atoms with Crippen LogP contribution in [0.3, 0.4) is 0 Å². The molecule has 1 aliphatic carbocycles.